The SMILES string of the molecule is Cc1ccc(CS(=O)(=O)Nc2cnc(N3CCOCC3)nc2)cc1. The van der Waals surface area contributed by atoms with Crippen LogP contribution in [0, 0.1) is 6.92 Å². The van der Waals surface area contributed by atoms with Gasteiger partial charge in [0, 0.05) is 13.1 Å². The Kier molecular flexibility index (Phi) is 4.96. The van der Waals surface area contributed by atoms with Crippen molar-refractivity contribution in [2.45, 2.75) is 12.7 Å². The van der Waals surface area contributed by atoms with Crippen molar-refractivity contribution >= 4 is 21.7 Å². The van der Waals surface area contributed by atoms with Crippen molar-refractivity contribution in [3.8, 4) is 0 Å². The highest BCUT2D eigenvalue weighted by molar-refractivity contribution is 7.91. The van der Waals surface area contributed by atoms with E-state index in [4.69, 9.17) is 4.74 Å². The van der Waals surface area contributed by atoms with E-state index in [1.807, 2.05) is 36.1 Å². The molecule has 0 atom stereocenters. The standard InChI is InChI=1S/C16H20N4O3S/c1-13-2-4-14(5-3-13)12-24(21,22)19-15-10-17-16(18-11-15)20-6-8-23-9-7-20/h2-5,10-11,19H,6-9,12H2,1H3. The summed E-state index contributed by atoms with van der Waals surface area (Å²) in [6.07, 6.45) is 2.98. The quantitative estimate of drug-likeness (QED) is 0.883. The van der Waals surface area contributed by atoms with Gasteiger partial charge < -0.3 is 9.64 Å². The van der Waals surface area contributed by atoms with Gasteiger partial charge in [0.05, 0.1) is 37.0 Å². The van der Waals surface area contributed by atoms with Crippen molar-refractivity contribution in [1.29, 1.82) is 0 Å². The molecule has 0 bridgehead atoms. The van der Waals surface area contributed by atoms with E-state index in [0.29, 0.717) is 24.8 Å². The van der Waals surface area contributed by atoms with Crippen molar-refractivity contribution in [3.63, 3.8) is 0 Å². The zero-order valence-electron chi connectivity index (χ0n) is 13.5. The Bertz CT molecular complexity index is 770. The number of nitrogens with one attached hydrogen (secondary N) is 1. The van der Waals surface area contributed by atoms with Crippen molar-refractivity contribution in [3.05, 3.63) is 47.8 Å². The van der Waals surface area contributed by atoms with Crippen LogP contribution in [0.4, 0.5) is 11.6 Å². The van der Waals surface area contributed by atoms with E-state index < -0.39 is 10.0 Å². The summed E-state index contributed by atoms with van der Waals surface area (Å²) in [5, 5.41) is 0. The van der Waals surface area contributed by atoms with Gasteiger partial charge in [0.25, 0.3) is 0 Å². The van der Waals surface area contributed by atoms with Crippen LogP contribution in [-0.2, 0) is 20.5 Å². The van der Waals surface area contributed by atoms with E-state index in [9.17, 15) is 8.42 Å². The fourth-order valence-corrected chi connectivity index (χ4v) is 3.59. The minimum Gasteiger partial charge on any atom is -0.378 e. The van der Waals surface area contributed by atoms with Crippen LogP contribution in [0.25, 0.3) is 0 Å². The van der Waals surface area contributed by atoms with Crippen molar-refractivity contribution in [1.82, 2.24) is 9.97 Å². The second-order valence-corrected chi connectivity index (χ2v) is 7.44. The third kappa shape index (κ3) is 4.42. The highest BCUT2D eigenvalue weighted by atomic mass is 32.2. The summed E-state index contributed by atoms with van der Waals surface area (Å²) in [4.78, 5) is 10.5. The first-order valence-electron chi connectivity index (χ1n) is 7.73. The van der Waals surface area contributed by atoms with Gasteiger partial charge in [0.2, 0.25) is 16.0 Å². The minimum absolute atomic E-state index is 0.0848. The first kappa shape index (κ1) is 16.7. The maximum Gasteiger partial charge on any atom is 0.237 e. The van der Waals surface area contributed by atoms with E-state index in [2.05, 4.69) is 14.7 Å². The van der Waals surface area contributed by atoms with Crippen molar-refractivity contribution in [2.24, 2.45) is 0 Å². The van der Waals surface area contributed by atoms with E-state index in [0.717, 1.165) is 24.2 Å². The Labute approximate surface area is 141 Å². The minimum atomic E-state index is -3.50. The van der Waals surface area contributed by atoms with Crippen molar-refractivity contribution in [2.75, 3.05) is 35.9 Å². The zero-order valence-corrected chi connectivity index (χ0v) is 14.3. The summed E-state index contributed by atoms with van der Waals surface area (Å²) in [6, 6.07) is 7.41. The Morgan fingerprint density at radius 1 is 1.12 bits per heavy atom. The summed E-state index contributed by atoms with van der Waals surface area (Å²) in [5.74, 6) is 0.498. The number of sulfonamides is 1. The summed E-state index contributed by atoms with van der Waals surface area (Å²) >= 11 is 0. The molecule has 0 unspecified atom stereocenters. The van der Waals surface area contributed by atoms with Gasteiger partial charge in [-0.3, -0.25) is 4.72 Å². The number of morpholine rings is 1. The molecule has 1 aliphatic heterocycles. The normalized spacial score (nSPS) is 15.3. The molecule has 24 heavy (non-hydrogen) atoms. The fourth-order valence-electron chi connectivity index (χ4n) is 2.42. The molecule has 8 heteroatoms. The van der Waals surface area contributed by atoms with E-state index in [1.54, 1.807) is 0 Å². The average Bonchev–Trinajstić information content (AvgIpc) is 2.58. The Balaban J connectivity index is 1.64. The van der Waals surface area contributed by atoms with E-state index in [1.165, 1.54) is 12.4 Å². The van der Waals surface area contributed by atoms with Gasteiger partial charge in [-0.15, -0.1) is 0 Å². The van der Waals surface area contributed by atoms with E-state index in [-0.39, 0.29) is 5.75 Å². The molecular formula is C16H20N4O3S. The molecule has 1 aromatic carbocycles. The van der Waals surface area contributed by atoms with Crippen molar-refractivity contribution < 1.29 is 13.2 Å². The number of hydrogen-bond donors (Lipinski definition) is 1. The van der Waals surface area contributed by atoms with Crippen LogP contribution in [0.5, 0.6) is 0 Å². The molecule has 0 radical (unpaired) electrons. The lowest BCUT2D eigenvalue weighted by Gasteiger charge is -2.26. The molecule has 1 aromatic heterocycles. The molecule has 0 amide bonds. The van der Waals surface area contributed by atoms with Crippen LogP contribution in [0.2, 0.25) is 0 Å². The number of anilines is 2. The molecule has 7 nitrogen and oxygen atoms in total. The molecule has 0 saturated carbocycles. The van der Waals surface area contributed by atoms with Crippen LogP contribution < -0.4 is 9.62 Å². The van der Waals surface area contributed by atoms with Gasteiger partial charge in [-0.1, -0.05) is 29.8 Å². The van der Waals surface area contributed by atoms with Gasteiger partial charge in [-0.2, -0.15) is 0 Å². The largest absolute Gasteiger partial charge is 0.378 e. The molecule has 2 aromatic rings. The second kappa shape index (κ2) is 7.14. The number of hydrogen-bond acceptors (Lipinski definition) is 6. The van der Waals surface area contributed by atoms with Crippen LogP contribution in [0.15, 0.2) is 36.7 Å². The molecule has 3 rings (SSSR count). The lowest BCUT2D eigenvalue weighted by Crippen LogP contribution is -2.37. The van der Waals surface area contributed by atoms with Gasteiger partial charge in [-0.25, -0.2) is 18.4 Å². The van der Waals surface area contributed by atoms with Gasteiger partial charge in [0.1, 0.15) is 0 Å². The molecule has 0 spiro atoms. The zero-order chi connectivity index (χ0) is 17.0. The Morgan fingerprint density at radius 2 is 1.75 bits per heavy atom. The predicted molar refractivity (Wildman–Crippen MR) is 92.5 cm³/mol. The summed E-state index contributed by atoms with van der Waals surface area (Å²) < 4.78 is 32.3. The topological polar surface area (TPSA) is 84.4 Å². The maximum atomic E-state index is 12.2. The number of nitrogens with zero attached hydrogens (tertiary/aromatic N) is 3. The average molecular weight is 348 g/mol. The molecule has 1 fully saturated rings. The smallest absolute Gasteiger partial charge is 0.237 e. The molecule has 2 heterocycles. The number of aryl methyl sites for hydroxylation is 1. The second-order valence-electron chi connectivity index (χ2n) is 5.72. The number of ether oxygens (including phenoxy) is 1. The first-order chi connectivity index (χ1) is 11.5. The van der Waals surface area contributed by atoms with Crippen LogP contribution >= 0.6 is 0 Å². The maximum absolute atomic E-state index is 12.2. The number of rotatable bonds is 5. The van der Waals surface area contributed by atoms with Gasteiger partial charge in [-0.05, 0) is 12.5 Å². The Morgan fingerprint density at radius 3 is 2.38 bits per heavy atom. The van der Waals surface area contributed by atoms with Crippen LogP contribution in [0.3, 0.4) is 0 Å². The number of benzene rings is 1. The fraction of sp³-hybridized carbons (Fsp3) is 0.375. The summed E-state index contributed by atoms with van der Waals surface area (Å²) in [6.45, 7) is 4.73. The number of aromatic nitrogens is 2. The monoisotopic (exact) mass is 348 g/mol. The lowest BCUT2D eigenvalue weighted by molar-refractivity contribution is 0.122. The summed E-state index contributed by atoms with van der Waals surface area (Å²) in [7, 11) is -3.50. The third-order valence-corrected chi connectivity index (χ3v) is 4.94. The third-order valence-electron chi connectivity index (χ3n) is 3.68. The highest BCUT2D eigenvalue weighted by Gasteiger charge is 2.15. The van der Waals surface area contributed by atoms with Gasteiger partial charge >= 0.3 is 0 Å². The highest BCUT2D eigenvalue weighted by Crippen LogP contribution is 2.15. The molecule has 0 aliphatic carbocycles. The van der Waals surface area contributed by atoms with Crippen LogP contribution in [0.1, 0.15) is 11.1 Å². The molecular weight excluding hydrogens is 328 g/mol. The van der Waals surface area contributed by atoms with Crippen LogP contribution in [-0.4, -0.2) is 44.7 Å². The summed E-state index contributed by atoms with van der Waals surface area (Å²) in [5.41, 5.74) is 2.19. The first-order valence-corrected chi connectivity index (χ1v) is 9.38. The Hall–Kier alpha value is -2.19. The molecule has 1 N–H and O–H groups in total. The lowest BCUT2D eigenvalue weighted by atomic mass is 10.2. The molecule has 1 aliphatic rings. The molecule has 1 saturated heterocycles. The van der Waals surface area contributed by atoms with Gasteiger partial charge in [0.15, 0.2) is 0 Å². The predicted octanol–water partition coefficient (Wildman–Crippen LogP) is 1.56. The molecule has 128 valence electrons. The van der Waals surface area contributed by atoms with E-state index >= 15 is 0 Å².